The van der Waals surface area contributed by atoms with Crippen LogP contribution in [0.4, 0.5) is 0 Å². The molecule has 0 bridgehead atoms. The Labute approximate surface area is 125 Å². The third kappa shape index (κ3) is 3.87. The summed E-state index contributed by atoms with van der Waals surface area (Å²) in [6.07, 6.45) is 0. The number of amides is 2. The molecule has 2 aromatic rings. The molecule has 7 heteroatoms. The van der Waals surface area contributed by atoms with Crippen molar-refractivity contribution in [2.45, 2.75) is 0 Å². The molecule has 0 atom stereocenters. The van der Waals surface area contributed by atoms with Crippen LogP contribution in [0.25, 0.3) is 0 Å². The van der Waals surface area contributed by atoms with Crippen molar-refractivity contribution in [3.05, 3.63) is 58.3 Å². The first-order valence-electron chi connectivity index (χ1n) is 5.67. The van der Waals surface area contributed by atoms with Gasteiger partial charge >= 0.3 is 0 Å². The molecule has 0 fully saturated rings. The molecule has 0 radical (unpaired) electrons. The van der Waals surface area contributed by atoms with Gasteiger partial charge in [0.2, 0.25) is 0 Å². The Bertz CT molecular complexity index is 612. The molecule has 0 saturated carbocycles. The van der Waals surface area contributed by atoms with E-state index in [1.807, 2.05) is 6.07 Å². The second kappa shape index (κ2) is 6.78. The Morgan fingerprint density at radius 3 is 2.35 bits per heavy atom. The van der Waals surface area contributed by atoms with E-state index < -0.39 is 0 Å². The molecule has 2 rings (SSSR count). The van der Waals surface area contributed by atoms with E-state index in [4.69, 9.17) is 12.2 Å². The maximum Gasteiger partial charge on any atom is 0.269 e. The van der Waals surface area contributed by atoms with E-state index in [0.717, 1.165) is 0 Å². The highest BCUT2D eigenvalue weighted by molar-refractivity contribution is 7.80. The van der Waals surface area contributed by atoms with Crippen LogP contribution in [0.2, 0.25) is 0 Å². The number of benzene rings is 1. The zero-order valence-corrected chi connectivity index (χ0v) is 11.9. The van der Waals surface area contributed by atoms with Gasteiger partial charge in [-0.05, 0) is 35.8 Å². The number of thiocarbonyl (C=S) groups is 1. The van der Waals surface area contributed by atoms with Gasteiger partial charge in [0.25, 0.3) is 11.8 Å². The zero-order valence-electron chi connectivity index (χ0n) is 10.3. The van der Waals surface area contributed by atoms with Gasteiger partial charge in [0.15, 0.2) is 5.11 Å². The second-order valence-corrected chi connectivity index (χ2v) is 5.06. The van der Waals surface area contributed by atoms with Crippen molar-refractivity contribution >= 4 is 40.5 Å². The van der Waals surface area contributed by atoms with Crippen molar-refractivity contribution < 1.29 is 9.59 Å². The van der Waals surface area contributed by atoms with Gasteiger partial charge in [-0.2, -0.15) is 0 Å². The van der Waals surface area contributed by atoms with Crippen LogP contribution in [0, 0.1) is 0 Å². The molecule has 2 amide bonds. The quantitative estimate of drug-likeness (QED) is 0.583. The highest BCUT2D eigenvalue weighted by Gasteiger charge is 2.09. The summed E-state index contributed by atoms with van der Waals surface area (Å²) >= 11 is 6.23. The van der Waals surface area contributed by atoms with Gasteiger partial charge in [-0.1, -0.05) is 24.3 Å². The Morgan fingerprint density at radius 1 is 0.950 bits per heavy atom. The lowest BCUT2D eigenvalue weighted by Gasteiger charge is -2.10. The van der Waals surface area contributed by atoms with Crippen LogP contribution in [0.5, 0.6) is 0 Å². The van der Waals surface area contributed by atoms with Crippen molar-refractivity contribution in [3.8, 4) is 0 Å². The summed E-state index contributed by atoms with van der Waals surface area (Å²) in [5.41, 5.74) is 5.38. The topological polar surface area (TPSA) is 70.2 Å². The SMILES string of the molecule is O=C(NNC(=S)NC(=O)c1cccs1)c1ccccc1. The number of carbonyl (C=O) groups excluding carboxylic acids is 2. The molecule has 0 aliphatic heterocycles. The average Bonchev–Trinajstić information content (AvgIpc) is 3.00. The predicted octanol–water partition coefficient (Wildman–Crippen LogP) is 1.70. The standard InChI is InChI=1S/C13H11N3O2S2/c17-11(9-5-2-1-3-6-9)15-16-13(19)14-12(18)10-7-4-8-20-10/h1-8H,(H,15,17)(H2,14,16,18,19). The van der Waals surface area contributed by atoms with Gasteiger partial charge in [-0.25, -0.2) is 0 Å². The Hall–Kier alpha value is -2.25. The lowest BCUT2D eigenvalue weighted by molar-refractivity contribution is 0.0935. The van der Waals surface area contributed by atoms with Crippen molar-refractivity contribution in [2.75, 3.05) is 0 Å². The maximum absolute atomic E-state index is 11.7. The van der Waals surface area contributed by atoms with E-state index in [1.54, 1.807) is 41.8 Å². The monoisotopic (exact) mass is 305 g/mol. The number of carbonyl (C=O) groups is 2. The number of hydrazine groups is 1. The predicted molar refractivity (Wildman–Crippen MR) is 81.4 cm³/mol. The number of rotatable bonds is 2. The van der Waals surface area contributed by atoms with Gasteiger partial charge in [-0.3, -0.25) is 25.8 Å². The van der Waals surface area contributed by atoms with E-state index in [9.17, 15) is 9.59 Å². The largest absolute Gasteiger partial charge is 0.297 e. The van der Waals surface area contributed by atoms with E-state index in [1.165, 1.54) is 11.3 Å². The summed E-state index contributed by atoms with van der Waals surface area (Å²) < 4.78 is 0. The molecule has 20 heavy (non-hydrogen) atoms. The van der Waals surface area contributed by atoms with Crippen LogP contribution >= 0.6 is 23.6 Å². The van der Waals surface area contributed by atoms with Gasteiger partial charge < -0.3 is 0 Å². The summed E-state index contributed by atoms with van der Waals surface area (Å²) in [7, 11) is 0. The van der Waals surface area contributed by atoms with Gasteiger partial charge in [-0.15, -0.1) is 11.3 Å². The summed E-state index contributed by atoms with van der Waals surface area (Å²) in [4.78, 5) is 24.0. The smallest absolute Gasteiger partial charge is 0.269 e. The molecule has 0 unspecified atom stereocenters. The maximum atomic E-state index is 11.7. The van der Waals surface area contributed by atoms with Crippen molar-refractivity contribution in [1.29, 1.82) is 0 Å². The lowest BCUT2D eigenvalue weighted by atomic mass is 10.2. The minimum absolute atomic E-state index is 0.0349. The molecule has 1 heterocycles. The molecule has 1 aromatic heterocycles. The Balaban J connectivity index is 1.81. The van der Waals surface area contributed by atoms with Crippen LogP contribution in [0.1, 0.15) is 20.0 Å². The molecule has 1 aromatic carbocycles. The van der Waals surface area contributed by atoms with Crippen LogP contribution < -0.4 is 16.2 Å². The van der Waals surface area contributed by atoms with Crippen molar-refractivity contribution in [3.63, 3.8) is 0 Å². The van der Waals surface area contributed by atoms with Crippen LogP contribution in [-0.4, -0.2) is 16.9 Å². The molecule has 102 valence electrons. The second-order valence-electron chi connectivity index (χ2n) is 3.71. The molecular formula is C13H11N3O2S2. The van der Waals surface area contributed by atoms with Crippen LogP contribution in [0.3, 0.4) is 0 Å². The first-order valence-corrected chi connectivity index (χ1v) is 6.96. The summed E-state index contributed by atoms with van der Waals surface area (Å²) in [5.74, 6) is -0.648. The fourth-order valence-corrected chi connectivity index (χ4v) is 2.14. The number of thiophene rings is 1. The number of nitrogens with one attached hydrogen (secondary N) is 3. The average molecular weight is 305 g/mol. The summed E-state index contributed by atoms with van der Waals surface area (Å²) in [6, 6.07) is 12.1. The van der Waals surface area contributed by atoms with E-state index in [2.05, 4.69) is 16.2 Å². The fraction of sp³-hybridized carbons (Fsp3) is 0. The molecule has 0 aliphatic carbocycles. The first-order chi connectivity index (χ1) is 9.66. The van der Waals surface area contributed by atoms with Gasteiger partial charge in [0.05, 0.1) is 4.88 Å². The molecule has 0 aliphatic rings. The van der Waals surface area contributed by atoms with E-state index in [-0.39, 0.29) is 16.9 Å². The molecule has 5 nitrogen and oxygen atoms in total. The van der Waals surface area contributed by atoms with Crippen LogP contribution in [0.15, 0.2) is 47.8 Å². The Morgan fingerprint density at radius 2 is 1.70 bits per heavy atom. The van der Waals surface area contributed by atoms with Crippen LogP contribution in [-0.2, 0) is 0 Å². The van der Waals surface area contributed by atoms with E-state index in [0.29, 0.717) is 10.4 Å². The lowest BCUT2D eigenvalue weighted by Crippen LogP contribution is -2.48. The normalized spacial score (nSPS) is 9.60. The third-order valence-electron chi connectivity index (χ3n) is 2.30. The van der Waals surface area contributed by atoms with Crippen molar-refractivity contribution in [2.24, 2.45) is 0 Å². The summed E-state index contributed by atoms with van der Waals surface area (Å²) in [5, 5.41) is 4.30. The highest BCUT2D eigenvalue weighted by atomic mass is 32.1. The van der Waals surface area contributed by atoms with Crippen molar-refractivity contribution in [1.82, 2.24) is 16.2 Å². The van der Waals surface area contributed by atoms with Gasteiger partial charge in [0.1, 0.15) is 0 Å². The minimum Gasteiger partial charge on any atom is -0.297 e. The minimum atomic E-state index is -0.335. The first kappa shape index (κ1) is 14.2. The third-order valence-corrected chi connectivity index (χ3v) is 3.37. The summed E-state index contributed by atoms with van der Waals surface area (Å²) in [6.45, 7) is 0. The molecular weight excluding hydrogens is 294 g/mol. The van der Waals surface area contributed by atoms with E-state index >= 15 is 0 Å². The zero-order chi connectivity index (χ0) is 14.4. The molecule has 0 saturated heterocycles. The molecule has 3 N–H and O–H groups in total. The Kier molecular flexibility index (Phi) is 4.80. The number of hydrogen-bond donors (Lipinski definition) is 3. The van der Waals surface area contributed by atoms with Gasteiger partial charge in [0, 0.05) is 5.56 Å². The highest BCUT2D eigenvalue weighted by Crippen LogP contribution is 2.07. The number of hydrogen-bond acceptors (Lipinski definition) is 4. The molecule has 0 spiro atoms. The fourth-order valence-electron chi connectivity index (χ4n) is 1.38.